The number of ether oxygens (including phenoxy) is 1. The Labute approximate surface area is 123 Å². The maximum atomic E-state index is 13.7. The first-order valence-corrected chi connectivity index (χ1v) is 8.07. The molecule has 114 valence electrons. The van der Waals surface area contributed by atoms with Crippen LogP contribution in [0.4, 0.5) is 8.78 Å². The van der Waals surface area contributed by atoms with E-state index < -0.39 is 31.3 Å². The Kier molecular flexibility index (Phi) is 4.43. The van der Waals surface area contributed by atoms with E-state index in [0.29, 0.717) is 24.5 Å². The molecule has 0 saturated carbocycles. The van der Waals surface area contributed by atoms with Gasteiger partial charge in [0.1, 0.15) is 23.6 Å². The second kappa shape index (κ2) is 5.94. The summed E-state index contributed by atoms with van der Waals surface area (Å²) in [6.07, 6.45) is 1.28. The third kappa shape index (κ3) is 3.48. The maximum Gasteiger partial charge on any atom is 0.265 e. The average Bonchev–Trinajstić information content (AvgIpc) is 2.83. The first kappa shape index (κ1) is 15.6. The van der Waals surface area contributed by atoms with Gasteiger partial charge in [0.2, 0.25) is 0 Å². The van der Waals surface area contributed by atoms with E-state index in [0.717, 1.165) is 0 Å². The van der Waals surface area contributed by atoms with Crippen molar-refractivity contribution in [2.45, 2.75) is 25.0 Å². The number of aromatic nitrogens is 3. The molecule has 0 saturated heterocycles. The first-order chi connectivity index (χ1) is 9.82. The van der Waals surface area contributed by atoms with E-state index in [4.69, 9.17) is 15.4 Å². The van der Waals surface area contributed by atoms with Crippen molar-refractivity contribution in [1.82, 2.24) is 14.8 Å². The minimum atomic E-state index is -4.36. The Morgan fingerprint density at radius 1 is 1.38 bits per heavy atom. The van der Waals surface area contributed by atoms with Crippen LogP contribution >= 0.6 is 10.7 Å². The molecule has 10 heteroatoms. The fourth-order valence-electron chi connectivity index (χ4n) is 1.66. The number of hydrogen-bond donors (Lipinski definition) is 0. The molecule has 0 aliphatic heterocycles. The van der Waals surface area contributed by atoms with Gasteiger partial charge in [-0.15, -0.1) is 0 Å². The quantitative estimate of drug-likeness (QED) is 0.781. The van der Waals surface area contributed by atoms with Gasteiger partial charge in [-0.05, 0) is 13.0 Å². The molecule has 0 spiro atoms. The second-order valence-corrected chi connectivity index (χ2v) is 6.47. The molecule has 2 aromatic rings. The standard InChI is InChI=1S/C11H10ClF2N3O3S/c1-2-17-10(15-6-16-17)5-20-11-8(14)3-7(13)4-9(11)21(12,18)19/h3-4,6H,2,5H2,1H3. The number of hydrogen-bond acceptors (Lipinski definition) is 5. The molecule has 0 aliphatic rings. The van der Waals surface area contributed by atoms with Crippen molar-refractivity contribution in [2.24, 2.45) is 0 Å². The van der Waals surface area contributed by atoms with Crippen LogP contribution in [0.5, 0.6) is 5.75 Å². The summed E-state index contributed by atoms with van der Waals surface area (Å²) >= 11 is 0. The van der Waals surface area contributed by atoms with Crippen LogP contribution in [0, 0.1) is 11.6 Å². The molecule has 0 aliphatic carbocycles. The van der Waals surface area contributed by atoms with Crippen molar-refractivity contribution >= 4 is 19.7 Å². The summed E-state index contributed by atoms with van der Waals surface area (Å²) in [5, 5.41) is 3.88. The molecule has 2 rings (SSSR count). The lowest BCUT2D eigenvalue weighted by Gasteiger charge is -2.11. The van der Waals surface area contributed by atoms with Crippen LogP contribution in [0.15, 0.2) is 23.4 Å². The van der Waals surface area contributed by atoms with E-state index in [9.17, 15) is 17.2 Å². The largest absolute Gasteiger partial charge is 0.481 e. The van der Waals surface area contributed by atoms with Crippen LogP contribution in [-0.4, -0.2) is 23.2 Å². The molecule has 1 aromatic heterocycles. The summed E-state index contributed by atoms with van der Waals surface area (Å²) in [5.74, 6) is -2.54. The Hall–Kier alpha value is -1.74. The van der Waals surface area contributed by atoms with Crippen molar-refractivity contribution in [1.29, 1.82) is 0 Å². The third-order valence-corrected chi connectivity index (χ3v) is 3.91. The fourth-order valence-corrected chi connectivity index (χ4v) is 2.63. The topological polar surface area (TPSA) is 74.1 Å². The van der Waals surface area contributed by atoms with Gasteiger partial charge in [-0.2, -0.15) is 5.10 Å². The van der Waals surface area contributed by atoms with Crippen LogP contribution < -0.4 is 4.74 Å². The summed E-state index contributed by atoms with van der Waals surface area (Å²) < 4.78 is 56.2. The Morgan fingerprint density at radius 2 is 2.10 bits per heavy atom. The minimum absolute atomic E-state index is 0.240. The lowest BCUT2D eigenvalue weighted by molar-refractivity contribution is 0.265. The number of aryl methyl sites for hydroxylation is 1. The van der Waals surface area contributed by atoms with Crippen LogP contribution in [0.25, 0.3) is 0 Å². The van der Waals surface area contributed by atoms with E-state index in [1.165, 1.54) is 11.0 Å². The lowest BCUT2D eigenvalue weighted by atomic mass is 10.3. The molecule has 0 N–H and O–H groups in total. The van der Waals surface area contributed by atoms with Crippen molar-refractivity contribution in [3.05, 3.63) is 35.9 Å². The number of rotatable bonds is 5. The summed E-state index contributed by atoms with van der Waals surface area (Å²) in [4.78, 5) is 3.12. The van der Waals surface area contributed by atoms with E-state index in [1.54, 1.807) is 0 Å². The Balaban J connectivity index is 2.36. The van der Waals surface area contributed by atoms with Gasteiger partial charge in [0, 0.05) is 23.3 Å². The fraction of sp³-hybridized carbons (Fsp3) is 0.273. The third-order valence-electron chi connectivity index (χ3n) is 2.58. The highest BCUT2D eigenvalue weighted by molar-refractivity contribution is 8.13. The normalized spacial score (nSPS) is 11.6. The summed E-state index contributed by atoms with van der Waals surface area (Å²) in [7, 11) is 0.792. The molecule has 6 nitrogen and oxygen atoms in total. The van der Waals surface area contributed by atoms with Crippen LogP contribution in [-0.2, 0) is 22.2 Å². The van der Waals surface area contributed by atoms with E-state index in [2.05, 4.69) is 10.1 Å². The van der Waals surface area contributed by atoms with Gasteiger partial charge in [0.25, 0.3) is 9.05 Å². The molecular formula is C11H10ClF2N3O3S. The molecule has 1 aromatic carbocycles. The smallest absolute Gasteiger partial charge is 0.265 e. The van der Waals surface area contributed by atoms with E-state index >= 15 is 0 Å². The van der Waals surface area contributed by atoms with Crippen LogP contribution in [0.1, 0.15) is 12.7 Å². The highest BCUT2D eigenvalue weighted by atomic mass is 35.7. The molecule has 0 fully saturated rings. The Morgan fingerprint density at radius 3 is 2.71 bits per heavy atom. The van der Waals surface area contributed by atoms with Gasteiger partial charge in [0.15, 0.2) is 17.4 Å². The van der Waals surface area contributed by atoms with Crippen molar-refractivity contribution < 1.29 is 21.9 Å². The second-order valence-electron chi connectivity index (χ2n) is 3.93. The Bertz CT molecular complexity index is 764. The van der Waals surface area contributed by atoms with E-state index in [1.807, 2.05) is 6.92 Å². The van der Waals surface area contributed by atoms with Crippen molar-refractivity contribution in [3.8, 4) is 5.75 Å². The summed E-state index contributed by atoms with van der Waals surface area (Å²) in [5.41, 5.74) is 0. The highest BCUT2D eigenvalue weighted by Gasteiger charge is 2.23. The van der Waals surface area contributed by atoms with Gasteiger partial charge in [-0.3, -0.25) is 0 Å². The highest BCUT2D eigenvalue weighted by Crippen LogP contribution is 2.31. The van der Waals surface area contributed by atoms with Crippen LogP contribution in [0.2, 0.25) is 0 Å². The number of benzene rings is 1. The van der Waals surface area contributed by atoms with Crippen molar-refractivity contribution in [2.75, 3.05) is 0 Å². The molecule has 0 radical (unpaired) electrons. The number of nitrogens with zero attached hydrogens (tertiary/aromatic N) is 3. The zero-order valence-corrected chi connectivity index (χ0v) is 12.3. The summed E-state index contributed by atoms with van der Waals surface area (Å²) in [6.45, 7) is 2.08. The molecule has 1 heterocycles. The van der Waals surface area contributed by atoms with Gasteiger partial charge >= 0.3 is 0 Å². The SMILES string of the molecule is CCn1ncnc1COc1c(F)cc(F)cc1S(=O)(=O)Cl. The van der Waals surface area contributed by atoms with Crippen molar-refractivity contribution in [3.63, 3.8) is 0 Å². The minimum Gasteiger partial charge on any atom is -0.481 e. The molecule has 21 heavy (non-hydrogen) atoms. The average molecular weight is 338 g/mol. The molecule has 0 bridgehead atoms. The number of halogens is 3. The molecule has 0 amide bonds. The zero-order chi connectivity index (χ0) is 15.6. The van der Waals surface area contributed by atoms with Crippen LogP contribution in [0.3, 0.4) is 0 Å². The van der Waals surface area contributed by atoms with Gasteiger partial charge in [-0.25, -0.2) is 26.9 Å². The summed E-state index contributed by atoms with van der Waals surface area (Å²) in [6, 6.07) is 1.09. The molecule has 0 atom stereocenters. The molecular weight excluding hydrogens is 328 g/mol. The predicted octanol–water partition coefficient (Wildman–Crippen LogP) is 2.08. The molecule has 0 unspecified atom stereocenters. The zero-order valence-electron chi connectivity index (χ0n) is 10.8. The van der Waals surface area contributed by atoms with E-state index in [-0.39, 0.29) is 6.61 Å². The predicted molar refractivity (Wildman–Crippen MR) is 69.4 cm³/mol. The monoisotopic (exact) mass is 337 g/mol. The lowest BCUT2D eigenvalue weighted by Crippen LogP contribution is -2.09. The van der Waals surface area contributed by atoms with Gasteiger partial charge in [-0.1, -0.05) is 0 Å². The van der Waals surface area contributed by atoms with Gasteiger partial charge in [0.05, 0.1) is 0 Å². The maximum absolute atomic E-state index is 13.7. The first-order valence-electron chi connectivity index (χ1n) is 5.76. The van der Waals surface area contributed by atoms with Gasteiger partial charge < -0.3 is 4.74 Å².